The van der Waals surface area contributed by atoms with Crippen LogP contribution in [0.1, 0.15) is 119 Å². The first kappa shape index (κ1) is 26.2. The van der Waals surface area contributed by atoms with Crippen LogP contribution in [0.4, 0.5) is 0 Å². The minimum absolute atomic E-state index is 0.00732. The van der Waals surface area contributed by atoms with Crippen LogP contribution in [0.15, 0.2) is 11.6 Å². The Morgan fingerprint density at radius 1 is 0.778 bits per heavy atom. The zero-order valence-electron chi connectivity index (χ0n) is 19.5. The van der Waals surface area contributed by atoms with Crippen molar-refractivity contribution in [3.8, 4) is 0 Å². The van der Waals surface area contributed by atoms with E-state index in [4.69, 9.17) is 4.74 Å². The molecular weight excluding hydrogens is 332 g/mol. The minimum Gasteiger partial charge on any atom is -0.463 e. The SMILES string of the molecule is CC(=CCCC(=O)OC(C)C)CCCC(C)CCCC(C)CCCC(C)C. The topological polar surface area (TPSA) is 26.3 Å². The molecule has 2 nitrogen and oxygen atoms in total. The molecule has 0 bridgehead atoms. The van der Waals surface area contributed by atoms with Crippen LogP contribution in [-0.4, -0.2) is 12.1 Å². The quantitative estimate of drug-likeness (QED) is 0.200. The molecule has 0 aromatic heterocycles. The van der Waals surface area contributed by atoms with Crippen LogP contribution < -0.4 is 0 Å². The number of carbonyl (C=O) groups is 1. The molecule has 0 aliphatic rings. The van der Waals surface area contributed by atoms with E-state index in [0.717, 1.165) is 30.6 Å². The molecule has 0 N–H and O–H groups in total. The van der Waals surface area contributed by atoms with Gasteiger partial charge in [-0.15, -0.1) is 0 Å². The van der Waals surface area contributed by atoms with E-state index >= 15 is 0 Å². The Kier molecular flexibility index (Phi) is 15.7. The molecule has 2 heteroatoms. The Hall–Kier alpha value is -0.790. The van der Waals surface area contributed by atoms with Gasteiger partial charge in [0.05, 0.1) is 6.10 Å². The maximum atomic E-state index is 11.5. The van der Waals surface area contributed by atoms with Gasteiger partial charge in [0, 0.05) is 6.42 Å². The van der Waals surface area contributed by atoms with E-state index < -0.39 is 0 Å². The van der Waals surface area contributed by atoms with Crippen LogP contribution in [-0.2, 0) is 9.53 Å². The lowest BCUT2D eigenvalue weighted by molar-refractivity contribution is -0.147. The van der Waals surface area contributed by atoms with Crippen LogP contribution in [0.3, 0.4) is 0 Å². The van der Waals surface area contributed by atoms with Gasteiger partial charge in [0.2, 0.25) is 0 Å². The second-order valence-electron chi connectivity index (χ2n) is 9.49. The summed E-state index contributed by atoms with van der Waals surface area (Å²) >= 11 is 0. The maximum absolute atomic E-state index is 11.5. The maximum Gasteiger partial charge on any atom is 0.306 e. The molecule has 0 fully saturated rings. The number of hydrogen-bond acceptors (Lipinski definition) is 2. The van der Waals surface area contributed by atoms with E-state index in [1.54, 1.807) is 0 Å². The van der Waals surface area contributed by atoms with E-state index in [1.807, 2.05) is 13.8 Å². The number of esters is 1. The Morgan fingerprint density at radius 3 is 1.81 bits per heavy atom. The molecule has 0 aliphatic carbocycles. The van der Waals surface area contributed by atoms with Crippen molar-refractivity contribution in [2.45, 2.75) is 125 Å². The van der Waals surface area contributed by atoms with Crippen LogP contribution in [0.5, 0.6) is 0 Å². The van der Waals surface area contributed by atoms with Crippen LogP contribution in [0.25, 0.3) is 0 Å². The highest BCUT2D eigenvalue weighted by Crippen LogP contribution is 2.22. The first-order chi connectivity index (χ1) is 12.7. The van der Waals surface area contributed by atoms with Crippen molar-refractivity contribution in [2.24, 2.45) is 17.8 Å². The van der Waals surface area contributed by atoms with Gasteiger partial charge in [0.15, 0.2) is 0 Å². The van der Waals surface area contributed by atoms with Gasteiger partial charge in [-0.1, -0.05) is 84.3 Å². The van der Waals surface area contributed by atoms with Gasteiger partial charge in [-0.3, -0.25) is 4.79 Å². The molecule has 160 valence electrons. The van der Waals surface area contributed by atoms with Crippen LogP contribution >= 0.6 is 0 Å². The Balaban J connectivity index is 3.70. The Bertz CT molecular complexity index is 395. The molecule has 0 amide bonds. The Labute approximate surface area is 170 Å². The number of ether oxygens (including phenoxy) is 1. The molecule has 2 unspecified atom stereocenters. The van der Waals surface area contributed by atoms with E-state index in [2.05, 4.69) is 40.7 Å². The van der Waals surface area contributed by atoms with Crippen molar-refractivity contribution < 1.29 is 9.53 Å². The molecule has 0 aliphatic heterocycles. The summed E-state index contributed by atoms with van der Waals surface area (Å²) in [4.78, 5) is 11.5. The normalized spacial score (nSPS) is 14.6. The zero-order valence-corrected chi connectivity index (χ0v) is 19.5. The third-order valence-electron chi connectivity index (χ3n) is 5.35. The summed E-state index contributed by atoms with van der Waals surface area (Å²) in [5.74, 6) is 2.50. The summed E-state index contributed by atoms with van der Waals surface area (Å²) in [6.07, 6.45) is 15.6. The molecule has 0 radical (unpaired) electrons. The minimum atomic E-state index is -0.0823. The number of carbonyl (C=O) groups excluding carboxylic acids is 1. The summed E-state index contributed by atoms with van der Waals surface area (Å²) in [6, 6.07) is 0. The van der Waals surface area contributed by atoms with Gasteiger partial charge in [0.25, 0.3) is 0 Å². The Morgan fingerprint density at radius 2 is 1.30 bits per heavy atom. The summed E-state index contributed by atoms with van der Waals surface area (Å²) in [6.45, 7) is 15.5. The van der Waals surface area contributed by atoms with Crippen molar-refractivity contribution in [1.29, 1.82) is 0 Å². The first-order valence-electron chi connectivity index (χ1n) is 11.6. The molecule has 0 saturated carbocycles. The summed E-state index contributed by atoms with van der Waals surface area (Å²) in [7, 11) is 0. The fraction of sp³-hybridized carbons (Fsp3) is 0.880. The van der Waals surface area contributed by atoms with Crippen molar-refractivity contribution in [2.75, 3.05) is 0 Å². The molecule has 0 rings (SSSR count). The standard InChI is InChI=1S/C25H48O2/c1-20(2)12-8-13-22(5)14-9-15-23(6)16-10-17-24(7)18-11-19-25(26)27-21(3)4/h18,20-23H,8-17,19H2,1-7H3. The third kappa shape index (κ3) is 18.3. The fourth-order valence-electron chi connectivity index (χ4n) is 3.57. The van der Waals surface area contributed by atoms with Gasteiger partial charge in [-0.25, -0.2) is 0 Å². The lowest BCUT2D eigenvalue weighted by atomic mass is 9.91. The molecule has 2 atom stereocenters. The third-order valence-corrected chi connectivity index (χ3v) is 5.35. The highest BCUT2D eigenvalue weighted by molar-refractivity contribution is 5.69. The van der Waals surface area contributed by atoms with Crippen LogP contribution in [0, 0.1) is 17.8 Å². The second-order valence-corrected chi connectivity index (χ2v) is 9.49. The lowest BCUT2D eigenvalue weighted by Gasteiger charge is -2.15. The van der Waals surface area contributed by atoms with E-state index in [0.29, 0.717) is 6.42 Å². The summed E-state index contributed by atoms with van der Waals surface area (Å²) in [5, 5.41) is 0. The van der Waals surface area contributed by atoms with Crippen LogP contribution in [0.2, 0.25) is 0 Å². The monoisotopic (exact) mass is 380 g/mol. The van der Waals surface area contributed by atoms with Gasteiger partial charge < -0.3 is 4.74 Å². The number of rotatable bonds is 16. The average molecular weight is 381 g/mol. The summed E-state index contributed by atoms with van der Waals surface area (Å²) in [5.41, 5.74) is 1.42. The molecule has 0 spiro atoms. The van der Waals surface area contributed by atoms with Gasteiger partial charge in [-0.05, 0) is 57.8 Å². The largest absolute Gasteiger partial charge is 0.463 e. The van der Waals surface area contributed by atoms with Gasteiger partial charge in [-0.2, -0.15) is 0 Å². The molecule has 0 heterocycles. The van der Waals surface area contributed by atoms with E-state index in [1.165, 1.54) is 56.9 Å². The van der Waals surface area contributed by atoms with Gasteiger partial charge >= 0.3 is 5.97 Å². The first-order valence-corrected chi connectivity index (χ1v) is 11.6. The van der Waals surface area contributed by atoms with Crippen molar-refractivity contribution >= 4 is 5.97 Å². The zero-order chi connectivity index (χ0) is 20.7. The molecular formula is C25H48O2. The molecule has 0 aromatic rings. The molecule has 27 heavy (non-hydrogen) atoms. The lowest BCUT2D eigenvalue weighted by Crippen LogP contribution is -2.10. The van der Waals surface area contributed by atoms with Crippen molar-refractivity contribution in [3.63, 3.8) is 0 Å². The highest BCUT2D eigenvalue weighted by Gasteiger charge is 2.07. The second kappa shape index (κ2) is 16.2. The van der Waals surface area contributed by atoms with Crippen molar-refractivity contribution in [3.05, 3.63) is 11.6 Å². The number of hydrogen-bond donors (Lipinski definition) is 0. The van der Waals surface area contributed by atoms with E-state index in [-0.39, 0.29) is 12.1 Å². The van der Waals surface area contributed by atoms with Gasteiger partial charge in [0.1, 0.15) is 0 Å². The fourth-order valence-corrected chi connectivity index (χ4v) is 3.57. The predicted molar refractivity (Wildman–Crippen MR) is 119 cm³/mol. The highest BCUT2D eigenvalue weighted by atomic mass is 16.5. The average Bonchev–Trinajstić information content (AvgIpc) is 2.53. The smallest absolute Gasteiger partial charge is 0.306 e. The molecule has 0 aromatic carbocycles. The van der Waals surface area contributed by atoms with Crippen molar-refractivity contribution in [1.82, 2.24) is 0 Å². The number of allylic oxidation sites excluding steroid dienone is 2. The predicted octanol–water partition coefficient (Wildman–Crippen LogP) is 8.10. The molecule has 0 saturated heterocycles. The summed E-state index contributed by atoms with van der Waals surface area (Å²) < 4.78 is 5.16. The van der Waals surface area contributed by atoms with E-state index in [9.17, 15) is 4.79 Å².